The average Bonchev–Trinajstić information content (AvgIpc) is 3.31. The minimum absolute atomic E-state index is 0.0933. The topological polar surface area (TPSA) is 78.9 Å². The van der Waals surface area contributed by atoms with Gasteiger partial charge in [-0.15, -0.1) is 0 Å². The number of carbonyl (C=O) groups is 3. The second kappa shape index (κ2) is 54.2. The quantitative estimate of drug-likeness (QED) is 0.0262. The summed E-state index contributed by atoms with van der Waals surface area (Å²) in [5.74, 6) is -0.937. The Labute approximate surface area is 407 Å². The van der Waals surface area contributed by atoms with E-state index in [4.69, 9.17) is 14.2 Å². The highest BCUT2D eigenvalue weighted by Crippen LogP contribution is 2.14. The maximum absolute atomic E-state index is 12.8. The molecule has 0 aromatic heterocycles. The third-order valence-corrected chi connectivity index (χ3v) is 11.6. The fourth-order valence-electron chi connectivity index (χ4n) is 7.46. The Balaban J connectivity index is 4.44. The normalized spacial score (nSPS) is 12.7. The van der Waals surface area contributed by atoms with E-state index >= 15 is 0 Å². The minimum atomic E-state index is -0.796. The molecule has 0 fully saturated rings. The molecule has 0 spiro atoms. The summed E-state index contributed by atoms with van der Waals surface area (Å²) >= 11 is 0. The summed E-state index contributed by atoms with van der Waals surface area (Å²) in [7, 11) is 0. The second-order valence-corrected chi connectivity index (χ2v) is 18.1. The Morgan fingerprint density at radius 2 is 0.591 bits per heavy atom. The van der Waals surface area contributed by atoms with Gasteiger partial charge in [-0.3, -0.25) is 14.4 Å². The highest BCUT2D eigenvalue weighted by atomic mass is 16.6. The Morgan fingerprint density at radius 3 is 0.985 bits per heavy atom. The molecule has 0 amide bonds. The van der Waals surface area contributed by atoms with Crippen molar-refractivity contribution in [2.45, 2.75) is 264 Å². The molecule has 0 radical (unpaired) electrons. The molecule has 66 heavy (non-hydrogen) atoms. The Kier molecular flexibility index (Phi) is 51.4. The SMILES string of the molecule is CC/C=C\C/C=C\C/C=C\C/C=C\C/C=C\CCCCCC(=O)OCC(COC(=O)CCCCCCC/C=C\CCCCC)OC(=O)CCCCCCCCC/C=C\CCCCCCCC. The Hall–Kier alpha value is -3.41. The van der Waals surface area contributed by atoms with Gasteiger partial charge in [0.1, 0.15) is 13.2 Å². The maximum Gasteiger partial charge on any atom is 0.306 e. The number of allylic oxidation sites excluding steroid dienone is 14. The van der Waals surface area contributed by atoms with Crippen LogP contribution in [0.3, 0.4) is 0 Å². The number of esters is 3. The predicted octanol–water partition coefficient (Wildman–Crippen LogP) is 18.4. The third-order valence-electron chi connectivity index (χ3n) is 11.6. The molecule has 0 aromatic rings. The smallest absolute Gasteiger partial charge is 0.306 e. The average molecular weight is 919 g/mol. The van der Waals surface area contributed by atoms with Gasteiger partial charge in [0.2, 0.25) is 0 Å². The molecule has 0 bridgehead atoms. The van der Waals surface area contributed by atoms with E-state index in [9.17, 15) is 14.4 Å². The zero-order chi connectivity index (χ0) is 47.9. The second-order valence-electron chi connectivity index (χ2n) is 18.1. The van der Waals surface area contributed by atoms with Gasteiger partial charge < -0.3 is 14.2 Å². The van der Waals surface area contributed by atoms with E-state index in [0.29, 0.717) is 19.3 Å². The number of ether oxygens (including phenoxy) is 3. The summed E-state index contributed by atoms with van der Waals surface area (Å²) in [5, 5.41) is 0. The number of carbonyl (C=O) groups excluding carboxylic acids is 3. The van der Waals surface area contributed by atoms with Crippen LogP contribution in [-0.4, -0.2) is 37.2 Å². The van der Waals surface area contributed by atoms with Crippen molar-refractivity contribution in [2.75, 3.05) is 13.2 Å². The number of unbranched alkanes of at least 4 members (excludes halogenated alkanes) is 24. The Bertz CT molecular complexity index is 1290. The minimum Gasteiger partial charge on any atom is -0.462 e. The summed E-state index contributed by atoms with van der Waals surface area (Å²) in [4.78, 5) is 38.1. The highest BCUT2D eigenvalue weighted by molar-refractivity contribution is 5.71. The number of hydrogen-bond acceptors (Lipinski definition) is 6. The fraction of sp³-hybridized carbons (Fsp3) is 0.717. The molecule has 0 aromatic carbocycles. The van der Waals surface area contributed by atoms with Gasteiger partial charge in [-0.1, -0.05) is 209 Å². The lowest BCUT2D eigenvalue weighted by molar-refractivity contribution is -0.167. The van der Waals surface area contributed by atoms with E-state index in [0.717, 1.165) is 103 Å². The van der Waals surface area contributed by atoms with Crippen LogP contribution in [0.5, 0.6) is 0 Å². The molecule has 0 saturated carbocycles. The van der Waals surface area contributed by atoms with Crippen molar-refractivity contribution < 1.29 is 28.6 Å². The first-order valence-corrected chi connectivity index (χ1v) is 27.6. The predicted molar refractivity (Wildman–Crippen MR) is 284 cm³/mol. The van der Waals surface area contributed by atoms with Crippen molar-refractivity contribution in [1.82, 2.24) is 0 Å². The standard InChI is InChI=1S/C60H102O6/c1-4-7-10-13-16-19-22-25-27-29-30-32-33-35-38-41-44-47-50-53-59(62)65-56-57(55-64-58(61)52-49-46-43-40-37-24-21-18-15-12-9-6-3)66-60(63)54-51-48-45-42-39-36-34-31-28-26-23-20-17-14-11-8-5-2/h7,10,16,18-19,21,25-28,30,32,35,38,57H,4-6,8-9,11-15,17,20,22-24,29,31,33-34,36-37,39-56H2,1-3H3/b10-7-,19-16-,21-18-,27-25-,28-26-,32-30-,38-35-. The molecule has 1 unspecified atom stereocenters. The van der Waals surface area contributed by atoms with E-state index in [1.165, 1.54) is 116 Å². The van der Waals surface area contributed by atoms with Gasteiger partial charge in [-0.2, -0.15) is 0 Å². The molecular formula is C60H102O6. The summed E-state index contributed by atoms with van der Waals surface area (Å²) in [6.07, 6.45) is 69.9. The van der Waals surface area contributed by atoms with Crippen LogP contribution in [0, 0.1) is 0 Å². The summed E-state index contributed by atoms with van der Waals surface area (Å²) in [6, 6.07) is 0. The van der Waals surface area contributed by atoms with Gasteiger partial charge in [0, 0.05) is 19.3 Å². The molecule has 0 rings (SSSR count). The monoisotopic (exact) mass is 919 g/mol. The summed E-state index contributed by atoms with van der Waals surface area (Å²) in [6.45, 7) is 6.46. The van der Waals surface area contributed by atoms with Crippen molar-refractivity contribution in [2.24, 2.45) is 0 Å². The van der Waals surface area contributed by atoms with Gasteiger partial charge >= 0.3 is 17.9 Å². The third kappa shape index (κ3) is 51.6. The van der Waals surface area contributed by atoms with Crippen molar-refractivity contribution in [1.29, 1.82) is 0 Å². The van der Waals surface area contributed by atoms with Crippen LogP contribution < -0.4 is 0 Å². The van der Waals surface area contributed by atoms with Gasteiger partial charge in [0.15, 0.2) is 6.10 Å². The first kappa shape index (κ1) is 62.6. The molecular weight excluding hydrogens is 817 g/mol. The molecule has 378 valence electrons. The Morgan fingerprint density at radius 1 is 0.318 bits per heavy atom. The molecule has 0 N–H and O–H groups in total. The van der Waals surface area contributed by atoms with Crippen molar-refractivity contribution in [3.8, 4) is 0 Å². The number of hydrogen-bond donors (Lipinski definition) is 0. The van der Waals surface area contributed by atoms with E-state index in [2.05, 4.69) is 106 Å². The van der Waals surface area contributed by atoms with Crippen molar-refractivity contribution >= 4 is 17.9 Å². The van der Waals surface area contributed by atoms with Crippen molar-refractivity contribution in [3.63, 3.8) is 0 Å². The lowest BCUT2D eigenvalue weighted by Gasteiger charge is -2.18. The van der Waals surface area contributed by atoms with E-state index in [1.54, 1.807) is 0 Å². The molecule has 6 heteroatoms. The van der Waals surface area contributed by atoms with E-state index in [1.807, 2.05) is 0 Å². The largest absolute Gasteiger partial charge is 0.462 e. The summed E-state index contributed by atoms with van der Waals surface area (Å²) in [5.41, 5.74) is 0. The lowest BCUT2D eigenvalue weighted by atomic mass is 10.1. The van der Waals surface area contributed by atoms with Crippen molar-refractivity contribution in [3.05, 3.63) is 85.1 Å². The molecule has 0 saturated heterocycles. The van der Waals surface area contributed by atoms with Crippen LogP contribution in [-0.2, 0) is 28.6 Å². The van der Waals surface area contributed by atoms with Crippen LogP contribution in [0.2, 0.25) is 0 Å². The summed E-state index contributed by atoms with van der Waals surface area (Å²) < 4.78 is 16.8. The molecule has 0 aliphatic heterocycles. The van der Waals surface area contributed by atoms with Gasteiger partial charge in [0.05, 0.1) is 0 Å². The van der Waals surface area contributed by atoms with E-state index in [-0.39, 0.29) is 31.1 Å². The van der Waals surface area contributed by atoms with Crippen LogP contribution in [0.15, 0.2) is 85.1 Å². The molecule has 0 aliphatic rings. The van der Waals surface area contributed by atoms with Gasteiger partial charge in [-0.05, 0) is 116 Å². The van der Waals surface area contributed by atoms with E-state index < -0.39 is 6.10 Å². The van der Waals surface area contributed by atoms with Gasteiger partial charge in [0.25, 0.3) is 0 Å². The van der Waals surface area contributed by atoms with Crippen LogP contribution in [0.1, 0.15) is 258 Å². The molecule has 6 nitrogen and oxygen atoms in total. The fourth-order valence-corrected chi connectivity index (χ4v) is 7.46. The van der Waals surface area contributed by atoms with Crippen LogP contribution in [0.4, 0.5) is 0 Å². The van der Waals surface area contributed by atoms with Crippen LogP contribution in [0.25, 0.3) is 0 Å². The first-order valence-electron chi connectivity index (χ1n) is 27.6. The number of rotatable bonds is 49. The molecule has 1 atom stereocenters. The highest BCUT2D eigenvalue weighted by Gasteiger charge is 2.19. The van der Waals surface area contributed by atoms with Gasteiger partial charge in [-0.25, -0.2) is 0 Å². The lowest BCUT2D eigenvalue weighted by Crippen LogP contribution is -2.30. The zero-order valence-corrected chi connectivity index (χ0v) is 43.2. The molecule has 0 heterocycles. The molecule has 0 aliphatic carbocycles. The first-order chi connectivity index (χ1) is 32.5. The zero-order valence-electron chi connectivity index (χ0n) is 43.2. The van der Waals surface area contributed by atoms with Crippen LogP contribution >= 0.6 is 0 Å². The maximum atomic E-state index is 12.8.